The van der Waals surface area contributed by atoms with Crippen molar-refractivity contribution < 1.29 is 14.6 Å². The lowest BCUT2D eigenvalue weighted by Gasteiger charge is -2.10. The third-order valence-electron chi connectivity index (χ3n) is 3.17. The van der Waals surface area contributed by atoms with E-state index in [0.29, 0.717) is 18.1 Å². The lowest BCUT2D eigenvalue weighted by Crippen LogP contribution is -2.07. The molecule has 0 aliphatic carbocycles. The van der Waals surface area contributed by atoms with Crippen LogP contribution in [0, 0.1) is 20.8 Å². The summed E-state index contributed by atoms with van der Waals surface area (Å²) < 4.78 is 5.59. The summed E-state index contributed by atoms with van der Waals surface area (Å²) in [6, 6.07) is 9.43. The predicted octanol–water partition coefficient (Wildman–Crippen LogP) is 3.28. The second kappa shape index (κ2) is 5.74. The van der Waals surface area contributed by atoms with Crippen molar-refractivity contribution >= 4 is 5.97 Å². The zero-order valence-corrected chi connectivity index (χ0v) is 11.8. The summed E-state index contributed by atoms with van der Waals surface area (Å²) in [6.07, 6.45) is 0. The summed E-state index contributed by atoms with van der Waals surface area (Å²) in [7, 11) is 0. The molecule has 2 rings (SSSR count). The summed E-state index contributed by atoms with van der Waals surface area (Å²) in [4.78, 5) is 15.1. The van der Waals surface area contributed by atoms with Crippen LogP contribution in [0.5, 0.6) is 5.75 Å². The molecule has 0 atom stereocenters. The van der Waals surface area contributed by atoms with E-state index in [4.69, 9.17) is 9.84 Å². The number of pyridine rings is 1. The highest BCUT2D eigenvalue weighted by Crippen LogP contribution is 2.19. The van der Waals surface area contributed by atoms with Gasteiger partial charge in [-0.3, -0.25) is 0 Å². The Morgan fingerprint density at radius 3 is 2.55 bits per heavy atom. The Balaban J connectivity index is 2.18. The van der Waals surface area contributed by atoms with E-state index in [1.807, 2.05) is 32.0 Å². The third kappa shape index (κ3) is 3.15. The largest absolute Gasteiger partial charge is 0.486 e. The maximum atomic E-state index is 11.1. The fourth-order valence-corrected chi connectivity index (χ4v) is 1.87. The van der Waals surface area contributed by atoms with Crippen LogP contribution >= 0.6 is 0 Å². The molecular formula is C16H17NO3. The quantitative estimate of drug-likeness (QED) is 0.927. The lowest BCUT2D eigenvalue weighted by molar-refractivity contribution is 0.0684. The van der Waals surface area contributed by atoms with Crippen molar-refractivity contribution in [3.05, 3.63) is 58.4 Å². The molecule has 1 heterocycles. The number of hydrogen-bond donors (Lipinski definition) is 1. The molecule has 0 amide bonds. The highest BCUT2D eigenvalue weighted by Gasteiger charge is 2.13. The number of aryl methyl sites for hydroxylation is 3. The Hall–Kier alpha value is -2.36. The Kier molecular flexibility index (Phi) is 4.03. The van der Waals surface area contributed by atoms with Crippen LogP contribution in [-0.2, 0) is 6.61 Å². The van der Waals surface area contributed by atoms with Crippen molar-refractivity contribution in [2.24, 2.45) is 0 Å². The number of aromatic nitrogens is 1. The SMILES string of the molecule is Cc1ccc(OCc2ccc(C)c(C)c2)c(C(=O)O)n1. The molecule has 104 valence electrons. The van der Waals surface area contributed by atoms with Gasteiger partial charge in [0.25, 0.3) is 0 Å². The van der Waals surface area contributed by atoms with E-state index in [1.54, 1.807) is 19.1 Å². The minimum Gasteiger partial charge on any atom is -0.486 e. The van der Waals surface area contributed by atoms with Gasteiger partial charge in [-0.25, -0.2) is 9.78 Å². The Morgan fingerprint density at radius 1 is 1.15 bits per heavy atom. The second-order valence-corrected chi connectivity index (χ2v) is 4.81. The van der Waals surface area contributed by atoms with Crippen molar-refractivity contribution in [3.63, 3.8) is 0 Å². The zero-order valence-electron chi connectivity index (χ0n) is 11.8. The summed E-state index contributed by atoms with van der Waals surface area (Å²) in [6.45, 7) is 6.16. The molecule has 0 saturated carbocycles. The van der Waals surface area contributed by atoms with Crippen LogP contribution in [0.3, 0.4) is 0 Å². The first kappa shape index (κ1) is 14.1. The van der Waals surface area contributed by atoms with E-state index >= 15 is 0 Å². The number of hydrogen-bond acceptors (Lipinski definition) is 3. The number of rotatable bonds is 4. The first-order valence-electron chi connectivity index (χ1n) is 6.37. The summed E-state index contributed by atoms with van der Waals surface area (Å²) >= 11 is 0. The lowest BCUT2D eigenvalue weighted by atomic mass is 10.1. The van der Waals surface area contributed by atoms with Gasteiger partial charge in [0.15, 0.2) is 11.4 Å². The van der Waals surface area contributed by atoms with Crippen LogP contribution in [-0.4, -0.2) is 16.1 Å². The topological polar surface area (TPSA) is 59.4 Å². The van der Waals surface area contributed by atoms with Crippen LogP contribution in [0.15, 0.2) is 30.3 Å². The smallest absolute Gasteiger partial charge is 0.358 e. The number of nitrogens with zero attached hydrogens (tertiary/aromatic N) is 1. The van der Waals surface area contributed by atoms with E-state index in [9.17, 15) is 4.79 Å². The highest BCUT2D eigenvalue weighted by atomic mass is 16.5. The molecule has 0 saturated heterocycles. The Labute approximate surface area is 118 Å². The molecule has 4 nitrogen and oxygen atoms in total. The van der Waals surface area contributed by atoms with Crippen molar-refractivity contribution in [2.75, 3.05) is 0 Å². The van der Waals surface area contributed by atoms with Gasteiger partial charge in [0.2, 0.25) is 0 Å². The standard InChI is InChI=1S/C16H17NO3/c1-10-4-6-13(8-11(10)2)9-20-14-7-5-12(3)17-15(14)16(18)19/h4-8H,9H2,1-3H3,(H,18,19). The Bertz CT molecular complexity index is 650. The summed E-state index contributed by atoms with van der Waals surface area (Å²) in [5.74, 6) is -0.787. The van der Waals surface area contributed by atoms with Gasteiger partial charge < -0.3 is 9.84 Å². The minimum atomic E-state index is -1.08. The zero-order chi connectivity index (χ0) is 14.7. The Morgan fingerprint density at radius 2 is 1.90 bits per heavy atom. The van der Waals surface area contributed by atoms with E-state index in [1.165, 1.54) is 11.1 Å². The molecule has 1 aromatic carbocycles. The first-order chi connectivity index (χ1) is 9.47. The third-order valence-corrected chi connectivity index (χ3v) is 3.17. The molecule has 0 aliphatic heterocycles. The number of carbonyl (C=O) groups is 1. The van der Waals surface area contributed by atoms with Crippen LogP contribution in [0.25, 0.3) is 0 Å². The number of aromatic carboxylic acids is 1. The van der Waals surface area contributed by atoms with Gasteiger partial charge in [-0.1, -0.05) is 18.2 Å². The van der Waals surface area contributed by atoms with Gasteiger partial charge in [-0.05, 0) is 49.6 Å². The van der Waals surface area contributed by atoms with E-state index < -0.39 is 5.97 Å². The van der Waals surface area contributed by atoms with Gasteiger partial charge in [-0.15, -0.1) is 0 Å². The number of ether oxygens (including phenoxy) is 1. The maximum absolute atomic E-state index is 11.1. The number of carboxylic acids is 1. The van der Waals surface area contributed by atoms with E-state index in [-0.39, 0.29) is 5.69 Å². The van der Waals surface area contributed by atoms with Gasteiger partial charge in [0, 0.05) is 5.69 Å². The molecule has 0 aliphatic rings. The molecule has 1 N–H and O–H groups in total. The monoisotopic (exact) mass is 271 g/mol. The highest BCUT2D eigenvalue weighted by molar-refractivity contribution is 5.88. The molecule has 2 aromatic rings. The molecule has 1 aromatic heterocycles. The molecule has 0 spiro atoms. The van der Waals surface area contributed by atoms with E-state index in [2.05, 4.69) is 4.98 Å². The fraction of sp³-hybridized carbons (Fsp3) is 0.250. The average Bonchev–Trinajstić information content (AvgIpc) is 2.41. The van der Waals surface area contributed by atoms with Gasteiger partial charge in [0.05, 0.1) is 0 Å². The first-order valence-corrected chi connectivity index (χ1v) is 6.37. The van der Waals surface area contributed by atoms with Gasteiger partial charge in [-0.2, -0.15) is 0 Å². The summed E-state index contributed by atoms with van der Waals surface area (Å²) in [5, 5.41) is 9.13. The molecule has 0 bridgehead atoms. The molecule has 4 heteroatoms. The number of carboxylic acid groups (broad SMARTS) is 1. The van der Waals surface area contributed by atoms with Crippen molar-refractivity contribution in [1.29, 1.82) is 0 Å². The van der Waals surface area contributed by atoms with Crippen LogP contribution in [0.1, 0.15) is 32.9 Å². The van der Waals surface area contributed by atoms with Gasteiger partial charge >= 0.3 is 5.97 Å². The number of benzene rings is 1. The second-order valence-electron chi connectivity index (χ2n) is 4.81. The van der Waals surface area contributed by atoms with Crippen molar-refractivity contribution in [1.82, 2.24) is 4.98 Å². The van der Waals surface area contributed by atoms with Crippen molar-refractivity contribution in [3.8, 4) is 5.75 Å². The predicted molar refractivity (Wildman–Crippen MR) is 76.2 cm³/mol. The van der Waals surface area contributed by atoms with Crippen LogP contribution < -0.4 is 4.74 Å². The average molecular weight is 271 g/mol. The molecule has 0 fully saturated rings. The minimum absolute atomic E-state index is 0.0474. The fourth-order valence-electron chi connectivity index (χ4n) is 1.87. The summed E-state index contributed by atoms with van der Waals surface area (Å²) in [5.41, 5.74) is 4.02. The van der Waals surface area contributed by atoms with Crippen LogP contribution in [0.2, 0.25) is 0 Å². The van der Waals surface area contributed by atoms with Gasteiger partial charge in [0.1, 0.15) is 6.61 Å². The normalized spacial score (nSPS) is 10.3. The van der Waals surface area contributed by atoms with E-state index in [0.717, 1.165) is 5.56 Å². The molecular weight excluding hydrogens is 254 g/mol. The molecule has 0 unspecified atom stereocenters. The van der Waals surface area contributed by atoms with Crippen molar-refractivity contribution in [2.45, 2.75) is 27.4 Å². The molecule has 0 radical (unpaired) electrons. The van der Waals surface area contributed by atoms with Crippen LogP contribution in [0.4, 0.5) is 0 Å². The molecule has 20 heavy (non-hydrogen) atoms. The maximum Gasteiger partial charge on any atom is 0.358 e.